The van der Waals surface area contributed by atoms with Gasteiger partial charge in [-0.25, -0.2) is 4.39 Å². The molecule has 0 aliphatic rings. The molecule has 3 heteroatoms. The third-order valence-corrected chi connectivity index (χ3v) is 2.84. The van der Waals surface area contributed by atoms with Crippen LogP contribution in [0.2, 0.25) is 0 Å². The van der Waals surface area contributed by atoms with Gasteiger partial charge >= 0.3 is 0 Å². The Balaban J connectivity index is 2.46. The van der Waals surface area contributed by atoms with E-state index in [2.05, 4.69) is 19.2 Å². The molecule has 2 N–H and O–H groups in total. The molecule has 0 radical (unpaired) electrons. The zero-order valence-electron chi connectivity index (χ0n) is 9.91. The highest BCUT2D eigenvalue weighted by Crippen LogP contribution is 2.13. The van der Waals surface area contributed by atoms with Gasteiger partial charge in [-0.2, -0.15) is 0 Å². The zero-order valence-corrected chi connectivity index (χ0v) is 9.91. The Kier molecular flexibility index (Phi) is 5.43. The molecule has 16 heavy (non-hydrogen) atoms. The summed E-state index contributed by atoms with van der Waals surface area (Å²) < 4.78 is 12.7. The molecule has 0 fully saturated rings. The predicted molar refractivity (Wildman–Crippen MR) is 63.7 cm³/mol. The minimum atomic E-state index is -0.568. The normalized spacial score (nSPS) is 13.1. The van der Waals surface area contributed by atoms with E-state index in [1.54, 1.807) is 12.1 Å². The first-order valence-corrected chi connectivity index (χ1v) is 5.84. The minimum Gasteiger partial charge on any atom is -0.387 e. The quantitative estimate of drug-likeness (QED) is 0.780. The lowest BCUT2D eigenvalue weighted by molar-refractivity contribution is 0.169. The van der Waals surface area contributed by atoms with Gasteiger partial charge in [0.1, 0.15) is 5.82 Å². The maximum Gasteiger partial charge on any atom is 0.123 e. The van der Waals surface area contributed by atoms with Gasteiger partial charge in [0.05, 0.1) is 6.10 Å². The summed E-state index contributed by atoms with van der Waals surface area (Å²) >= 11 is 0. The number of benzene rings is 1. The topological polar surface area (TPSA) is 32.3 Å². The van der Waals surface area contributed by atoms with Crippen LogP contribution < -0.4 is 5.32 Å². The Morgan fingerprint density at radius 3 is 2.25 bits per heavy atom. The van der Waals surface area contributed by atoms with Gasteiger partial charge in [-0.1, -0.05) is 26.0 Å². The van der Waals surface area contributed by atoms with E-state index in [4.69, 9.17) is 0 Å². The number of hydrogen-bond donors (Lipinski definition) is 2. The monoisotopic (exact) mass is 225 g/mol. The summed E-state index contributed by atoms with van der Waals surface area (Å²) in [6, 6.07) is 6.42. The first-order valence-electron chi connectivity index (χ1n) is 5.84. The molecular weight excluding hydrogens is 205 g/mol. The van der Waals surface area contributed by atoms with E-state index in [0.717, 1.165) is 18.4 Å². The summed E-state index contributed by atoms with van der Waals surface area (Å²) in [4.78, 5) is 0. The molecule has 1 rings (SSSR count). The van der Waals surface area contributed by atoms with Crippen LogP contribution in [0.15, 0.2) is 24.3 Å². The number of hydrogen-bond acceptors (Lipinski definition) is 2. The van der Waals surface area contributed by atoms with Gasteiger partial charge in [0.25, 0.3) is 0 Å². The summed E-state index contributed by atoms with van der Waals surface area (Å²) in [5, 5.41) is 13.2. The molecule has 0 amide bonds. The molecule has 0 bridgehead atoms. The molecule has 0 spiro atoms. The predicted octanol–water partition coefficient (Wildman–Crippen LogP) is 2.64. The van der Waals surface area contributed by atoms with E-state index in [1.165, 1.54) is 12.1 Å². The molecule has 0 saturated carbocycles. The summed E-state index contributed by atoms with van der Waals surface area (Å²) in [6.45, 7) is 4.74. The van der Waals surface area contributed by atoms with Crippen LogP contribution in [-0.2, 0) is 0 Å². The number of nitrogens with one attached hydrogen (secondary N) is 1. The molecule has 0 aromatic heterocycles. The van der Waals surface area contributed by atoms with Crippen LogP contribution in [0.25, 0.3) is 0 Å². The van der Waals surface area contributed by atoms with E-state index >= 15 is 0 Å². The van der Waals surface area contributed by atoms with Crippen LogP contribution in [0.4, 0.5) is 4.39 Å². The molecule has 1 aromatic carbocycles. The van der Waals surface area contributed by atoms with Crippen molar-refractivity contribution in [2.24, 2.45) is 0 Å². The van der Waals surface area contributed by atoms with Gasteiger partial charge in [-0.3, -0.25) is 0 Å². The molecule has 0 heterocycles. The van der Waals surface area contributed by atoms with Crippen LogP contribution in [0.5, 0.6) is 0 Å². The van der Waals surface area contributed by atoms with Crippen molar-refractivity contribution < 1.29 is 9.50 Å². The van der Waals surface area contributed by atoms with Crippen molar-refractivity contribution in [1.29, 1.82) is 0 Å². The fourth-order valence-electron chi connectivity index (χ4n) is 1.66. The van der Waals surface area contributed by atoms with Crippen molar-refractivity contribution in [3.63, 3.8) is 0 Å². The van der Waals surface area contributed by atoms with Crippen molar-refractivity contribution >= 4 is 0 Å². The van der Waals surface area contributed by atoms with Crippen molar-refractivity contribution in [3.05, 3.63) is 35.6 Å². The average molecular weight is 225 g/mol. The Labute approximate surface area is 96.5 Å². The smallest absolute Gasteiger partial charge is 0.123 e. The molecule has 0 aliphatic carbocycles. The lowest BCUT2D eigenvalue weighted by atomic mass is 10.1. The van der Waals surface area contributed by atoms with Gasteiger partial charge in [0, 0.05) is 12.6 Å². The van der Waals surface area contributed by atoms with Crippen molar-refractivity contribution in [2.45, 2.75) is 38.8 Å². The summed E-state index contributed by atoms with van der Waals surface area (Å²) in [6.07, 6.45) is 1.53. The van der Waals surface area contributed by atoms with Gasteiger partial charge in [-0.05, 0) is 30.5 Å². The summed E-state index contributed by atoms with van der Waals surface area (Å²) in [7, 11) is 0. The summed E-state index contributed by atoms with van der Waals surface area (Å²) in [5.74, 6) is -0.274. The second-order valence-electron chi connectivity index (χ2n) is 3.99. The second kappa shape index (κ2) is 6.61. The second-order valence-corrected chi connectivity index (χ2v) is 3.99. The van der Waals surface area contributed by atoms with Crippen molar-refractivity contribution in [2.75, 3.05) is 6.54 Å². The van der Waals surface area contributed by atoms with Gasteiger partial charge < -0.3 is 10.4 Å². The fourth-order valence-corrected chi connectivity index (χ4v) is 1.66. The standard InChI is InChI=1S/C13H20FNO/c1-3-12(4-2)15-9-13(16)10-5-7-11(14)8-6-10/h5-8,12-13,15-16H,3-4,9H2,1-2H3. The molecule has 2 nitrogen and oxygen atoms in total. The fraction of sp³-hybridized carbons (Fsp3) is 0.538. The number of aliphatic hydroxyl groups excluding tert-OH is 1. The van der Waals surface area contributed by atoms with Gasteiger partial charge in [-0.15, -0.1) is 0 Å². The van der Waals surface area contributed by atoms with E-state index in [0.29, 0.717) is 12.6 Å². The van der Waals surface area contributed by atoms with Gasteiger partial charge in [0.15, 0.2) is 0 Å². The van der Waals surface area contributed by atoms with Crippen molar-refractivity contribution in [1.82, 2.24) is 5.32 Å². The summed E-state index contributed by atoms with van der Waals surface area (Å²) in [5.41, 5.74) is 0.750. The molecule has 90 valence electrons. The van der Waals surface area contributed by atoms with Crippen LogP contribution in [0.3, 0.4) is 0 Å². The maximum absolute atomic E-state index is 12.7. The highest BCUT2D eigenvalue weighted by atomic mass is 19.1. The molecule has 1 unspecified atom stereocenters. The van der Waals surface area contributed by atoms with Gasteiger partial charge in [0.2, 0.25) is 0 Å². The van der Waals surface area contributed by atoms with E-state index in [9.17, 15) is 9.50 Å². The highest BCUT2D eigenvalue weighted by Gasteiger charge is 2.09. The third-order valence-electron chi connectivity index (χ3n) is 2.84. The average Bonchev–Trinajstić information content (AvgIpc) is 2.31. The molecular formula is C13H20FNO. The van der Waals surface area contributed by atoms with Crippen LogP contribution in [0, 0.1) is 5.82 Å². The van der Waals surface area contributed by atoms with Crippen LogP contribution in [-0.4, -0.2) is 17.7 Å². The molecule has 0 aliphatic heterocycles. The number of aliphatic hydroxyl groups is 1. The Bertz CT molecular complexity index is 295. The van der Waals surface area contributed by atoms with Crippen LogP contribution in [0.1, 0.15) is 38.4 Å². The first-order chi connectivity index (χ1) is 7.67. The number of rotatable bonds is 6. The minimum absolute atomic E-state index is 0.274. The van der Waals surface area contributed by atoms with E-state index in [1.807, 2.05) is 0 Å². The highest BCUT2D eigenvalue weighted by molar-refractivity contribution is 5.18. The Hall–Kier alpha value is -0.930. The van der Waals surface area contributed by atoms with Crippen LogP contribution >= 0.6 is 0 Å². The van der Waals surface area contributed by atoms with E-state index < -0.39 is 6.10 Å². The van der Waals surface area contributed by atoms with Crippen molar-refractivity contribution in [3.8, 4) is 0 Å². The number of halogens is 1. The SMILES string of the molecule is CCC(CC)NCC(O)c1ccc(F)cc1. The largest absolute Gasteiger partial charge is 0.387 e. The lowest BCUT2D eigenvalue weighted by Crippen LogP contribution is -2.31. The Morgan fingerprint density at radius 1 is 1.19 bits per heavy atom. The zero-order chi connectivity index (χ0) is 12.0. The Morgan fingerprint density at radius 2 is 1.75 bits per heavy atom. The van der Waals surface area contributed by atoms with E-state index in [-0.39, 0.29) is 5.82 Å². The lowest BCUT2D eigenvalue weighted by Gasteiger charge is -2.18. The third kappa shape index (κ3) is 3.91. The molecule has 0 saturated heterocycles. The molecule has 1 aromatic rings. The molecule has 1 atom stereocenters. The first kappa shape index (κ1) is 13.1. The maximum atomic E-state index is 12.7.